The highest BCUT2D eigenvalue weighted by molar-refractivity contribution is 7.13. The lowest BCUT2D eigenvalue weighted by Gasteiger charge is -2.33. The van der Waals surface area contributed by atoms with E-state index in [1.165, 1.54) is 11.8 Å². The second kappa shape index (κ2) is 10.9. The van der Waals surface area contributed by atoms with Crippen LogP contribution in [0.15, 0.2) is 18.2 Å². The van der Waals surface area contributed by atoms with Gasteiger partial charge in [-0.25, -0.2) is 9.78 Å². The number of hydrogen-bond acceptors (Lipinski definition) is 10. The van der Waals surface area contributed by atoms with E-state index in [0.717, 1.165) is 0 Å². The number of likely N-dealkylation sites (N-methyl/N-ethyl adjacent to an activating group) is 1. The molecule has 1 fully saturated rings. The van der Waals surface area contributed by atoms with E-state index >= 15 is 0 Å². The van der Waals surface area contributed by atoms with Crippen molar-refractivity contribution < 1.29 is 38.0 Å². The number of nitrogen functional groups attached to an aromatic ring is 1. The summed E-state index contributed by atoms with van der Waals surface area (Å²) in [7, 11) is -1.46. The lowest BCUT2D eigenvalue weighted by Crippen LogP contribution is -2.58. The van der Waals surface area contributed by atoms with Crippen molar-refractivity contribution in [2.45, 2.75) is 38.5 Å². The molecule has 2 aliphatic rings. The molecule has 1 aromatic heterocycles. The number of aromatic nitrogens is 1. The summed E-state index contributed by atoms with van der Waals surface area (Å²) >= 11 is 0.473. The highest BCUT2D eigenvalue weighted by Crippen LogP contribution is 2.37. The molecule has 15 heteroatoms. The first-order valence-electron chi connectivity index (χ1n) is 11.8. The van der Waals surface area contributed by atoms with Gasteiger partial charge in [-0.1, -0.05) is 23.5 Å². The van der Waals surface area contributed by atoms with Gasteiger partial charge in [0.2, 0.25) is 5.13 Å². The van der Waals surface area contributed by atoms with Crippen LogP contribution < -0.4 is 15.7 Å². The lowest BCUT2D eigenvalue weighted by molar-refractivity contribution is -0.153. The number of Topliss-reactive ketones (excluding diaryl/α,β-unsaturated/α-hetero) is 2. The Labute approximate surface area is 221 Å². The van der Waals surface area contributed by atoms with Crippen LogP contribution in [-0.4, -0.2) is 76.0 Å². The third-order valence-electron chi connectivity index (χ3n) is 6.49. The van der Waals surface area contributed by atoms with Crippen molar-refractivity contribution in [3.63, 3.8) is 0 Å². The third kappa shape index (κ3) is 5.24. The van der Waals surface area contributed by atoms with E-state index in [1.807, 2.05) is 0 Å². The number of para-hydroxylation sites is 1. The zero-order valence-electron chi connectivity index (χ0n) is 20.6. The van der Waals surface area contributed by atoms with Crippen molar-refractivity contribution in [2.75, 3.05) is 25.4 Å². The Morgan fingerprint density at radius 3 is 2.68 bits per heavy atom. The van der Waals surface area contributed by atoms with Crippen LogP contribution in [-0.2, 0) is 20.8 Å². The number of fused-ring (bicyclic) bond motifs is 1. The first kappa shape index (κ1) is 27.2. The molecule has 1 saturated heterocycles. The standard InChI is InChI=1S/C23H25BFN5O7S/c1-3-29-7-8-30(21(34)20(29)33)23(35)28-16(17-19(25)38-22(26)27-17)15(32)10-13-9-12-5-4-6-14(11(2)31)18(12)37-24(13)36/h4-6,13,16,36H,3,7-10H2,1-2H3,(H2,26,27)(H,28,35)/t13-,16?/m1/s1. The number of amides is 4. The molecule has 2 atom stereocenters. The quantitative estimate of drug-likeness (QED) is 0.260. The van der Waals surface area contributed by atoms with Gasteiger partial charge < -0.3 is 25.6 Å². The fourth-order valence-electron chi connectivity index (χ4n) is 4.49. The predicted molar refractivity (Wildman–Crippen MR) is 134 cm³/mol. The number of thiazole rings is 1. The van der Waals surface area contributed by atoms with Gasteiger partial charge in [-0.3, -0.25) is 24.1 Å². The molecule has 200 valence electrons. The second-order valence-corrected chi connectivity index (χ2v) is 9.91. The van der Waals surface area contributed by atoms with E-state index < -0.39 is 53.4 Å². The zero-order valence-corrected chi connectivity index (χ0v) is 21.4. The molecule has 2 aromatic rings. The topological polar surface area (TPSA) is 172 Å². The third-order valence-corrected chi connectivity index (χ3v) is 7.18. The van der Waals surface area contributed by atoms with Gasteiger partial charge in [0.25, 0.3) is 0 Å². The van der Waals surface area contributed by atoms with Crippen LogP contribution in [0.25, 0.3) is 0 Å². The number of piperazine rings is 1. The number of nitrogens with two attached hydrogens (primary N) is 1. The molecule has 0 radical (unpaired) electrons. The minimum absolute atomic E-state index is 0.110. The van der Waals surface area contributed by atoms with Gasteiger partial charge in [0.1, 0.15) is 17.5 Å². The molecule has 0 bridgehead atoms. The Balaban J connectivity index is 1.56. The normalized spacial score (nSPS) is 18.1. The van der Waals surface area contributed by atoms with E-state index in [9.17, 15) is 33.4 Å². The lowest BCUT2D eigenvalue weighted by atomic mass is 9.64. The number of anilines is 1. The number of ketones is 2. The van der Waals surface area contributed by atoms with E-state index in [2.05, 4.69) is 10.3 Å². The maximum atomic E-state index is 14.6. The SMILES string of the molecule is CCN1CCN(C(=O)NC(C(=O)C[C@H]2Cc3cccc(C(C)=O)c3OB2O)c2nc(N)sc2F)C(=O)C1=O. The van der Waals surface area contributed by atoms with E-state index in [-0.39, 0.29) is 49.1 Å². The van der Waals surface area contributed by atoms with E-state index in [0.29, 0.717) is 27.4 Å². The van der Waals surface area contributed by atoms with Gasteiger partial charge in [-0.05, 0) is 31.9 Å². The molecule has 4 N–H and O–H groups in total. The average molecular weight is 545 g/mol. The van der Waals surface area contributed by atoms with Gasteiger partial charge in [-0.2, -0.15) is 4.39 Å². The first-order valence-corrected chi connectivity index (χ1v) is 12.7. The van der Waals surface area contributed by atoms with Crippen LogP contribution in [0.5, 0.6) is 5.75 Å². The molecule has 38 heavy (non-hydrogen) atoms. The fraction of sp³-hybridized carbons (Fsp3) is 0.391. The van der Waals surface area contributed by atoms with Crippen molar-refractivity contribution in [1.82, 2.24) is 20.1 Å². The number of imide groups is 1. The maximum absolute atomic E-state index is 14.6. The Kier molecular flexibility index (Phi) is 7.78. The summed E-state index contributed by atoms with van der Waals surface area (Å²) < 4.78 is 20.2. The smallest absolute Gasteiger partial charge is 0.526 e. The molecule has 1 unspecified atom stereocenters. The Morgan fingerprint density at radius 2 is 2.05 bits per heavy atom. The van der Waals surface area contributed by atoms with Crippen LogP contribution >= 0.6 is 11.3 Å². The highest BCUT2D eigenvalue weighted by Gasteiger charge is 2.42. The number of rotatable bonds is 7. The molecule has 0 saturated carbocycles. The van der Waals surface area contributed by atoms with Crippen molar-refractivity contribution in [3.05, 3.63) is 40.2 Å². The first-order chi connectivity index (χ1) is 18.0. The van der Waals surface area contributed by atoms with Crippen LogP contribution in [0.1, 0.15) is 47.9 Å². The van der Waals surface area contributed by atoms with Crippen molar-refractivity contribution in [1.29, 1.82) is 0 Å². The molecular weight excluding hydrogens is 520 g/mol. The van der Waals surface area contributed by atoms with Crippen LogP contribution in [0.2, 0.25) is 5.82 Å². The number of urea groups is 1. The molecule has 2 aliphatic heterocycles. The fourth-order valence-corrected chi connectivity index (χ4v) is 5.09. The number of nitrogens with zero attached hydrogens (tertiary/aromatic N) is 3. The summed E-state index contributed by atoms with van der Waals surface area (Å²) in [6, 6.07) is 2.19. The van der Waals surface area contributed by atoms with Gasteiger partial charge in [-0.15, -0.1) is 0 Å². The Hall–Kier alpha value is -3.85. The van der Waals surface area contributed by atoms with Gasteiger partial charge in [0, 0.05) is 31.9 Å². The molecular formula is C23H25BFN5O7S. The molecule has 0 aliphatic carbocycles. The summed E-state index contributed by atoms with van der Waals surface area (Å²) in [4.78, 5) is 68.7. The molecule has 4 rings (SSSR count). The predicted octanol–water partition coefficient (Wildman–Crippen LogP) is 0.953. The number of benzene rings is 1. The van der Waals surface area contributed by atoms with Crippen molar-refractivity contribution in [3.8, 4) is 5.75 Å². The monoisotopic (exact) mass is 545 g/mol. The summed E-state index contributed by atoms with van der Waals surface area (Å²) in [5.41, 5.74) is 6.05. The largest absolute Gasteiger partial charge is 0.535 e. The minimum atomic E-state index is -1.65. The Morgan fingerprint density at radius 1 is 1.32 bits per heavy atom. The number of nitrogens with one attached hydrogen (secondary N) is 1. The number of carbonyl (C=O) groups excluding carboxylic acids is 5. The minimum Gasteiger partial charge on any atom is -0.535 e. The molecule has 0 spiro atoms. The molecule has 4 amide bonds. The second-order valence-electron chi connectivity index (χ2n) is 8.93. The van der Waals surface area contributed by atoms with Gasteiger partial charge >= 0.3 is 25.0 Å². The molecule has 1 aromatic carbocycles. The summed E-state index contributed by atoms with van der Waals surface area (Å²) in [5.74, 6) is -3.50. The maximum Gasteiger partial charge on any atom is 0.526 e. The summed E-state index contributed by atoms with van der Waals surface area (Å²) in [6.07, 6.45) is -0.207. The van der Waals surface area contributed by atoms with Crippen molar-refractivity contribution in [2.24, 2.45) is 0 Å². The molecule has 3 heterocycles. The average Bonchev–Trinajstić information content (AvgIpc) is 3.21. The summed E-state index contributed by atoms with van der Waals surface area (Å²) in [6.45, 7) is 3.33. The van der Waals surface area contributed by atoms with Crippen molar-refractivity contribution >= 4 is 53.0 Å². The van der Waals surface area contributed by atoms with Gasteiger partial charge in [0.15, 0.2) is 16.7 Å². The number of carbonyl (C=O) groups is 5. The number of halogens is 1. The highest BCUT2D eigenvalue weighted by atomic mass is 32.1. The van der Waals surface area contributed by atoms with Crippen LogP contribution in [0.4, 0.5) is 14.3 Å². The number of hydrogen-bond donors (Lipinski definition) is 3. The van der Waals surface area contributed by atoms with E-state index in [1.54, 1.807) is 25.1 Å². The zero-order chi connectivity index (χ0) is 27.7. The summed E-state index contributed by atoms with van der Waals surface area (Å²) in [5, 5.41) is 11.8. The van der Waals surface area contributed by atoms with Crippen LogP contribution in [0.3, 0.4) is 0 Å². The van der Waals surface area contributed by atoms with E-state index in [4.69, 9.17) is 10.4 Å². The van der Waals surface area contributed by atoms with Crippen LogP contribution in [0, 0.1) is 5.13 Å². The molecule has 12 nitrogen and oxygen atoms in total. The Bertz CT molecular complexity index is 1320. The van der Waals surface area contributed by atoms with Gasteiger partial charge in [0.05, 0.1) is 5.56 Å².